The quantitative estimate of drug-likeness (QED) is 0.822. The van der Waals surface area contributed by atoms with Crippen LogP contribution in [-0.4, -0.2) is 29.8 Å². The molecule has 3 rings (SSSR count). The Morgan fingerprint density at radius 2 is 1.92 bits per heavy atom. The van der Waals surface area contributed by atoms with Gasteiger partial charge in [0.1, 0.15) is 11.6 Å². The molecule has 1 heterocycles. The van der Waals surface area contributed by atoms with Crippen molar-refractivity contribution in [2.75, 3.05) is 18.0 Å². The summed E-state index contributed by atoms with van der Waals surface area (Å²) in [5, 5.41) is 0. The predicted octanol–water partition coefficient (Wildman–Crippen LogP) is 3.37. The van der Waals surface area contributed by atoms with Gasteiger partial charge in [0.15, 0.2) is 0 Å². The molecular weight excluding hydrogens is 338 g/mol. The largest absolute Gasteiger partial charge is 0.338 e. The molecule has 1 atom stereocenters. The second-order valence-electron chi connectivity index (χ2n) is 6.34. The van der Waals surface area contributed by atoms with Crippen LogP contribution in [0.15, 0.2) is 48.5 Å². The highest BCUT2D eigenvalue weighted by Gasteiger charge is 2.37. The van der Waals surface area contributed by atoms with Crippen molar-refractivity contribution in [3.05, 3.63) is 65.7 Å². The van der Waals surface area contributed by atoms with Crippen LogP contribution < -0.4 is 4.90 Å². The lowest BCUT2D eigenvalue weighted by molar-refractivity contribution is -0.136. The van der Waals surface area contributed by atoms with Crippen LogP contribution in [0, 0.1) is 17.6 Å². The highest BCUT2D eigenvalue weighted by atomic mass is 19.1. The van der Waals surface area contributed by atoms with Crippen molar-refractivity contribution in [3.63, 3.8) is 0 Å². The van der Waals surface area contributed by atoms with Gasteiger partial charge in [0.2, 0.25) is 11.8 Å². The number of benzene rings is 2. The topological polar surface area (TPSA) is 40.6 Å². The minimum absolute atomic E-state index is 0.0119. The van der Waals surface area contributed by atoms with Gasteiger partial charge in [-0.1, -0.05) is 30.3 Å². The first-order chi connectivity index (χ1) is 12.5. The molecule has 1 saturated heterocycles. The Morgan fingerprint density at radius 1 is 1.19 bits per heavy atom. The van der Waals surface area contributed by atoms with E-state index in [1.807, 2.05) is 37.3 Å². The normalized spacial score (nSPS) is 16.8. The Labute approximate surface area is 151 Å². The summed E-state index contributed by atoms with van der Waals surface area (Å²) in [6.07, 6.45) is 0.0287. The number of rotatable bonds is 5. The Morgan fingerprint density at radius 3 is 2.58 bits per heavy atom. The first-order valence-electron chi connectivity index (χ1n) is 8.57. The second-order valence-corrected chi connectivity index (χ2v) is 6.34. The average molecular weight is 358 g/mol. The van der Waals surface area contributed by atoms with Crippen LogP contribution in [0.3, 0.4) is 0 Å². The average Bonchev–Trinajstić information content (AvgIpc) is 3.01. The highest BCUT2D eigenvalue weighted by Crippen LogP contribution is 2.29. The van der Waals surface area contributed by atoms with Crippen LogP contribution in [0.25, 0.3) is 0 Å². The van der Waals surface area contributed by atoms with E-state index in [-0.39, 0.29) is 30.5 Å². The van der Waals surface area contributed by atoms with Crippen molar-refractivity contribution in [3.8, 4) is 0 Å². The van der Waals surface area contributed by atoms with Crippen molar-refractivity contribution >= 4 is 17.5 Å². The summed E-state index contributed by atoms with van der Waals surface area (Å²) in [5.74, 6) is -2.50. The van der Waals surface area contributed by atoms with Gasteiger partial charge in [-0.3, -0.25) is 9.59 Å². The minimum Gasteiger partial charge on any atom is -0.338 e. The summed E-state index contributed by atoms with van der Waals surface area (Å²) < 4.78 is 27.1. The van der Waals surface area contributed by atoms with E-state index in [0.29, 0.717) is 13.1 Å². The lowest BCUT2D eigenvalue weighted by atomic mass is 10.1. The fraction of sp³-hybridized carbons (Fsp3) is 0.300. The van der Waals surface area contributed by atoms with Gasteiger partial charge in [-0.25, -0.2) is 8.78 Å². The maximum absolute atomic E-state index is 14.0. The molecule has 6 heteroatoms. The van der Waals surface area contributed by atoms with E-state index in [2.05, 4.69) is 0 Å². The third-order valence-corrected chi connectivity index (χ3v) is 4.58. The van der Waals surface area contributed by atoms with Crippen molar-refractivity contribution in [1.82, 2.24) is 4.90 Å². The number of nitrogens with zero attached hydrogens (tertiary/aromatic N) is 2. The van der Waals surface area contributed by atoms with Crippen molar-refractivity contribution in [1.29, 1.82) is 0 Å². The van der Waals surface area contributed by atoms with E-state index in [4.69, 9.17) is 0 Å². The smallest absolute Gasteiger partial charge is 0.228 e. The van der Waals surface area contributed by atoms with Crippen LogP contribution in [0.4, 0.5) is 14.5 Å². The molecule has 1 fully saturated rings. The van der Waals surface area contributed by atoms with Crippen molar-refractivity contribution in [2.45, 2.75) is 19.9 Å². The molecule has 4 nitrogen and oxygen atoms in total. The SMILES string of the molecule is CCN(Cc1ccccc1)C(=O)C1CC(=O)N(c2ccc(F)cc2F)C1. The molecule has 2 aromatic carbocycles. The lowest BCUT2D eigenvalue weighted by Crippen LogP contribution is -2.37. The van der Waals surface area contributed by atoms with Gasteiger partial charge in [0.05, 0.1) is 11.6 Å². The molecule has 1 aliphatic rings. The molecule has 0 bridgehead atoms. The molecule has 0 aliphatic carbocycles. The molecular formula is C20H20F2N2O2. The minimum atomic E-state index is -0.803. The zero-order valence-electron chi connectivity index (χ0n) is 14.5. The number of halogens is 2. The van der Waals surface area contributed by atoms with Gasteiger partial charge in [-0.15, -0.1) is 0 Å². The van der Waals surface area contributed by atoms with Crippen LogP contribution >= 0.6 is 0 Å². The zero-order valence-corrected chi connectivity index (χ0v) is 14.5. The van der Waals surface area contributed by atoms with Crippen LogP contribution in [0.1, 0.15) is 18.9 Å². The van der Waals surface area contributed by atoms with E-state index in [1.54, 1.807) is 4.90 Å². The summed E-state index contributed by atoms with van der Waals surface area (Å²) in [5.41, 5.74) is 1.02. The highest BCUT2D eigenvalue weighted by molar-refractivity contribution is 6.00. The molecule has 1 aliphatic heterocycles. The monoisotopic (exact) mass is 358 g/mol. The van der Waals surface area contributed by atoms with Gasteiger partial charge in [-0.05, 0) is 24.6 Å². The maximum Gasteiger partial charge on any atom is 0.228 e. The molecule has 2 aromatic rings. The number of hydrogen-bond donors (Lipinski definition) is 0. The molecule has 0 saturated carbocycles. The molecule has 0 N–H and O–H groups in total. The second kappa shape index (κ2) is 7.64. The van der Waals surface area contributed by atoms with Gasteiger partial charge >= 0.3 is 0 Å². The number of carbonyl (C=O) groups excluding carboxylic acids is 2. The number of amides is 2. The number of anilines is 1. The molecule has 1 unspecified atom stereocenters. The summed E-state index contributed by atoms with van der Waals surface area (Å²) in [6, 6.07) is 12.7. The first-order valence-corrected chi connectivity index (χ1v) is 8.57. The van der Waals surface area contributed by atoms with Crippen molar-refractivity contribution < 1.29 is 18.4 Å². The van der Waals surface area contributed by atoms with E-state index in [1.165, 1.54) is 11.0 Å². The molecule has 2 amide bonds. The predicted molar refractivity (Wildman–Crippen MR) is 94.4 cm³/mol. The van der Waals surface area contributed by atoms with Gasteiger partial charge < -0.3 is 9.80 Å². The van der Waals surface area contributed by atoms with Crippen LogP contribution in [-0.2, 0) is 16.1 Å². The van der Waals surface area contributed by atoms with E-state index in [9.17, 15) is 18.4 Å². The molecule has 0 radical (unpaired) electrons. The Kier molecular flexibility index (Phi) is 5.30. The molecule has 136 valence electrons. The Balaban J connectivity index is 1.73. The van der Waals surface area contributed by atoms with Crippen LogP contribution in [0.2, 0.25) is 0 Å². The summed E-state index contributed by atoms with van der Waals surface area (Å²) in [7, 11) is 0. The maximum atomic E-state index is 14.0. The third-order valence-electron chi connectivity index (χ3n) is 4.58. The zero-order chi connectivity index (χ0) is 18.7. The van der Waals surface area contributed by atoms with Gasteiger partial charge in [0, 0.05) is 32.1 Å². The Hall–Kier alpha value is -2.76. The summed E-state index contributed by atoms with van der Waals surface area (Å²) in [4.78, 5) is 28.0. The summed E-state index contributed by atoms with van der Waals surface area (Å²) >= 11 is 0. The van der Waals surface area contributed by atoms with E-state index < -0.39 is 17.6 Å². The summed E-state index contributed by atoms with van der Waals surface area (Å²) in [6.45, 7) is 2.97. The number of carbonyl (C=O) groups is 2. The van der Waals surface area contributed by atoms with Gasteiger partial charge in [0.25, 0.3) is 0 Å². The molecule has 0 aromatic heterocycles. The van der Waals surface area contributed by atoms with Crippen molar-refractivity contribution in [2.24, 2.45) is 5.92 Å². The Bertz CT molecular complexity index is 811. The lowest BCUT2D eigenvalue weighted by Gasteiger charge is -2.24. The standard InChI is InChI=1S/C20H20F2N2O2/c1-2-23(12-14-6-4-3-5-7-14)20(26)15-10-19(25)24(13-15)18-9-8-16(21)11-17(18)22/h3-9,11,15H,2,10,12-13H2,1H3. The molecule has 26 heavy (non-hydrogen) atoms. The fourth-order valence-electron chi connectivity index (χ4n) is 3.21. The first kappa shape index (κ1) is 18.0. The fourth-order valence-corrected chi connectivity index (χ4v) is 3.21. The molecule has 0 spiro atoms. The number of hydrogen-bond acceptors (Lipinski definition) is 2. The van der Waals surface area contributed by atoms with E-state index >= 15 is 0 Å². The van der Waals surface area contributed by atoms with Crippen LogP contribution in [0.5, 0.6) is 0 Å². The van der Waals surface area contributed by atoms with Gasteiger partial charge in [-0.2, -0.15) is 0 Å². The van der Waals surface area contributed by atoms with E-state index in [0.717, 1.165) is 17.7 Å². The third kappa shape index (κ3) is 3.74.